The van der Waals surface area contributed by atoms with E-state index in [1.54, 1.807) is 11.3 Å². The summed E-state index contributed by atoms with van der Waals surface area (Å²) in [7, 11) is 0. The molecule has 0 atom stereocenters. The standard InChI is InChI=1S/C18H24N4OS/c1-14-6-8-22(9-7-14)17-5-4-15(11-19-17)12-20-18(23)21-13-16-3-2-10-24-16/h2-5,10-11,14H,6-9,12-13H2,1H3,(H2,20,21,23). The predicted molar refractivity (Wildman–Crippen MR) is 98.2 cm³/mol. The summed E-state index contributed by atoms with van der Waals surface area (Å²) >= 11 is 1.64. The molecule has 1 fully saturated rings. The Morgan fingerprint density at radius 3 is 2.71 bits per heavy atom. The number of hydrogen-bond acceptors (Lipinski definition) is 4. The predicted octanol–water partition coefficient (Wildman–Crippen LogP) is 3.38. The van der Waals surface area contributed by atoms with Crippen molar-refractivity contribution >= 4 is 23.2 Å². The van der Waals surface area contributed by atoms with E-state index in [1.165, 1.54) is 12.8 Å². The maximum absolute atomic E-state index is 11.8. The summed E-state index contributed by atoms with van der Waals surface area (Å²) in [5.74, 6) is 1.85. The molecule has 0 aromatic carbocycles. The number of urea groups is 1. The Morgan fingerprint density at radius 2 is 2.04 bits per heavy atom. The molecule has 0 bridgehead atoms. The van der Waals surface area contributed by atoms with E-state index < -0.39 is 0 Å². The topological polar surface area (TPSA) is 57.3 Å². The van der Waals surface area contributed by atoms with Gasteiger partial charge in [-0.3, -0.25) is 0 Å². The highest BCUT2D eigenvalue weighted by Gasteiger charge is 2.16. The molecule has 5 nitrogen and oxygen atoms in total. The molecule has 0 spiro atoms. The lowest BCUT2D eigenvalue weighted by Crippen LogP contribution is -2.34. The summed E-state index contributed by atoms with van der Waals surface area (Å²) in [5.41, 5.74) is 1.01. The molecule has 2 N–H and O–H groups in total. The molecule has 2 aromatic heterocycles. The van der Waals surface area contributed by atoms with Crippen LogP contribution in [0.15, 0.2) is 35.8 Å². The molecular weight excluding hydrogens is 320 g/mol. The second kappa shape index (κ2) is 8.15. The number of nitrogens with zero attached hydrogens (tertiary/aromatic N) is 2. The van der Waals surface area contributed by atoms with Crippen LogP contribution in [0.25, 0.3) is 0 Å². The monoisotopic (exact) mass is 344 g/mol. The molecule has 24 heavy (non-hydrogen) atoms. The Hall–Kier alpha value is -2.08. The van der Waals surface area contributed by atoms with E-state index >= 15 is 0 Å². The number of amides is 2. The molecule has 2 amide bonds. The minimum Gasteiger partial charge on any atom is -0.357 e. The number of carbonyl (C=O) groups excluding carboxylic acids is 1. The smallest absolute Gasteiger partial charge is 0.315 e. The zero-order valence-corrected chi connectivity index (χ0v) is 14.8. The molecule has 1 aliphatic heterocycles. The van der Waals surface area contributed by atoms with Gasteiger partial charge in [0.2, 0.25) is 0 Å². The van der Waals surface area contributed by atoms with Crippen LogP contribution < -0.4 is 15.5 Å². The van der Waals surface area contributed by atoms with E-state index in [9.17, 15) is 4.79 Å². The number of rotatable bonds is 5. The number of pyridine rings is 1. The van der Waals surface area contributed by atoms with Gasteiger partial charge in [0.25, 0.3) is 0 Å². The van der Waals surface area contributed by atoms with Crippen LogP contribution in [-0.4, -0.2) is 24.1 Å². The molecule has 0 radical (unpaired) electrons. The maximum atomic E-state index is 11.8. The van der Waals surface area contributed by atoms with Gasteiger partial charge in [-0.15, -0.1) is 11.3 Å². The van der Waals surface area contributed by atoms with E-state index in [4.69, 9.17) is 0 Å². The second-order valence-electron chi connectivity index (χ2n) is 6.31. The number of thiophene rings is 1. The quantitative estimate of drug-likeness (QED) is 0.874. The first-order chi connectivity index (χ1) is 11.7. The van der Waals surface area contributed by atoms with E-state index in [0.717, 1.165) is 35.3 Å². The number of aromatic nitrogens is 1. The lowest BCUT2D eigenvalue weighted by molar-refractivity contribution is 0.240. The zero-order chi connectivity index (χ0) is 16.8. The second-order valence-corrected chi connectivity index (χ2v) is 7.34. The van der Waals surface area contributed by atoms with Crippen molar-refractivity contribution in [3.05, 3.63) is 46.3 Å². The van der Waals surface area contributed by atoms with Crippen molar-refractivity contribution in [2.24, 2.45) is 5.92 Å². The van der Waals surface area contributed by atoms with E-state index in [2.05, 4.69) is 33.5 Å². The number of anilines is 1. The third kappa shape index (κ3) is 4.71. The van der Waals surface area contributed by atoms with Crippen LogP contribution in [0.3, 0.4) is 0 Å². The van der Waals surface area contributed by atoms with Crippen molar-refractivity contribution in [3.63, 3.8) is 0 Å². The van der Waals surface area contributed by atoms with Gasteiger partial charge in [-0.2, -0.15) is 0 Å². The SMILES string of the molecule is CC1CCN(c2ccc(CNC(=O)NCc3cccs3)cn2)CC1. The van der Waals surface area contributed by atoms with E-state index in [0.29, 0.717) is 13.1 Å². The van der Waals surface area contributed by atoms with Gasteiger partial charge in [-0.1, -0.05) is 19.1 Å². The molecule has 3 heterocycles. The Kier molecular flexibility index (Phi) is 5.69. The van der Waals surface area contributed by atoms with Crippen molar-refractivity contribution in [2.75, 3.05) is 18.0 Å². The Bertz CT molecular complexity index is 634. The van der Waals surface area contributed by atoms with E-state index in [1.807, 2.05) is 29.8 Å². The van der Waals surface area contributed by atoms with Gasteiger partial charge in [0.05, 0.1) is 6.54 Å². The summed E-state index contributed by atoms with van der Waals surface area (Å²) in [6.07, 6.45) is 4.32. The van der Waals surface area contributed by atoms with Crippen molar-refractivity contribution in [2.45, 2.75) is 32.9 Å². The summed E-state index contributed by atoms with van der Waals surface area (Å²) in [4.78, 5) is 19.8. The first kappa shape index (κ1) is 16.8. The number of hydrogen-bond donors (Lipinski definition) is 2. The van der Waals surface area contributed by atoms with Crippen molar-refractivity contribution in [1.82, 2.24) is 15.6 Å². The Labute approximate surface area is 147 Å². The number of nitrogens with one attached hydrogen (secondary N) is 2. The van der Waals surface area contributed by atoms with Crippen LogP contribution in [0.2, 0.25) is 0 Å². The largest absolute Gasteiger partial charge is 0.357 e. The fraction of sp³-hybridized carbons (Fsp3) is 0.444. The normalized spacial score (nSPS) is 15.3. The average molecular weight is 344 g/mol. The van der Waals surface area contributed by atoms with Gasteiger partial charge in [0, 0.05) is 30.7 Å². The summed E-state index contributed by atoms with van der Waals surface area (Å²) in [6.45, 7) is 5.52. The van der Waals surface area contributed by atoms with Gasteiger partial charge < -0.3 is 15.5 Å². The molecule has 2 aromatic rings. The van der Waals surface area contributed by atoms with Gasteiger partial charge in [0.15, 0.2) is 0 Å². The van der Waals surface area contributed by atoms with Crippen LogP contribution >= 0.6 is 11.3 Å². The molecule has 1 aliphatic rings. The summed E-state index contributed by atoms with van der Waals surface area (Å²) in [5, 5.41) is 7.73. The van der Waals surface area contributed by atoms with Crippen LogP contribution in [-0.2, 0) is 13.1 Å². The fourth-order valence-electron chi connectivity index (χ4n) is 2.77. The number of piperidine rings is 1. The highest BCUT2D eigenvalue weighted by atomic mass is 32.1. The molecule has 0 unspecified atom stereocenters. The molecule has 6 heteroatoms. The molecule has 0 aliphatic carbocycles. The molecule has 3 rings (SSSR count). The number of carbonyl (C=O) groups is 1. The minimum atomic E-state index is -0.155. The van der Waals surface area contributed by atoms with Crippen LogP contribution in [0.4, 0.5) is 10.6 Å². The van der Waals surface area contributed by atoms with E-state index in [-0.39, 0.29) is 6.03 Å². The minimum absolute atomic E-state index is 0.155. The molecule has 0 saturated carbocycles. The molecular formula is C18H24N4OS. The zero-order valence-electron chi connectivity index (χ0n) is 14.0. The maximum Gasteiger partial charge on any atom is 0.315 e. The van der Waals surface area contributed by atoms with Crippen LogP contribution in [0.5, 0.6) is 0 Å². The van der Waals surface area contributed by atoms with Crippen LogP contribution in [0, 0.1) is 5.92 Å². The van der Waals surface area contributed by atoms with Gasteiger partial charge in [0.1, 0.15) is 5.82 Å². The van der Waals surface area contributed by atoms with Crippen molar-refractivity contribution in [1.29, 1.82) is 0 Å². The van der Waals surface area contributed by atoms with Gasteiger partial charge in [-0.05, 0) is 41.8 Å². The highest BCUT2D eigenvalue weighted by molar-refractivity contribution is 7.09. The molecule has 128 valence electrons. The van der Waals surface area contributed by atoms with Crippen molar-refractivity contribution < 1.29 is 4.79 Å². The third-order valence-corrected chi connectivity index (χ3v) is 5.25. The summed E-state index contributed by atoms with van der Waals surface area (Å²) in [6, 6.07) is 7.93. The Balaban J connectivity index is 1.43. The lowest BCUT2D eigenvalue weighted by Gasteiger charge is -2.31. The first-order valence-corrected chi connectivity index (χ1v) is 9.32. The third-order valence-electron chi connectivity index (χ3n) is 4.37. The first-order valence-electron chi connectivity index (χ1n) is 8.44. The van der Waals surface area contributed by atoms with Gasteiger partial charge in [-0.25, -0.2) is 9.78 Å². The Morgan fingerprint density at radius 1 is 1.25 bits per heavy atom. The fourth-order valence-corrected chi connectivity index (χ4v) is 3.42. The highest BCUT2D eigenvalue weighted by Crippen LogP contribution is 2.21. The molecule has 1 saturated heterocycles. The van der Waals surface area contributed by atoms with Gasteiger partial charge >= 0.3 is 6.03 Å². The van der Waals surface area contributed by atoms with Crippen LogP contribution in [0.1, 0.15) is 30.2 Å². The van der Waals surface area contributed by atoms with Crippen molar-refractivity contribution in [3.8, 4) is 0 Å². The average Bonchev–Trinajstić information content (AvgIpc) is 3.13. The lowest BCUT2D eigenvalue weighted by atomic mass is 9.99. The summed E-state index contributed by atoms with van der Waals surface area (Å²) < 4.78 is 0.